The molecule has 1 N–H and O–H groups in total. The first kappa shape index (κ1) is 13.0. The van der Waals surface area contributed by atoms with Gasteiger partial charge in [-0.05, 0) is 56.0 Å². The lowest BCUT2D eigenvalue weighted by molar-refractivity contribution is 0.250. The van der Waals surface area contributed by atoms with Crippen molar-refractivity contribution in [2.45, 2.75) is 31.8 Å². The number of nitrogens with zero attached hydrogens (tertiary/aromatic N) is 1. The maximum atomic E-state index is 13.2. The predicted octanol–water partition coefficient (Wildman–Crippen LogP) is 2.54. The van der Waals surface area contributed by atoms with Crippen molar-refractivity contribution in [3.8, 4) is 0 Å². The average Bonchev–Trinajstić information content (AvgIpc) is 3.20. The first-order valence-electron chi connectivity index (χ1n) is 7.12. The summed E-state index contributed by atoms with van der Waals surface area (Å²) >= 11 is 0. The van der Waals surface area contributed by atoms with Crippen molar-refractivity contribution in [1.29, 1.82) is 0 Å². The second-order valence-corrected chi connectivity index (χ2v) is 5.74. The van der Waals surface area contributed by atoms with E-state index < -0.39 is 11.6 Å². The zero-order chi connectivity index (χ0) is 13.2. The number of nitrogens with one attached hydrogen (secondary N) is 1. The molecule has 0 bridgehead atoms. The van der Waals surface area contributed by atoms with Gasteiger partial charge >= 0.3 is 0 Å². The molecule has 2 fully saturated rings. The van der Waals surface area contributed by atoms with Gasteiger partial charge in [0.05, 0.1) is 0 Å². The molecule has 4 heteroatoms. The third-order valence-electron chi connectivity index (χ3n) is 4.09. The summed E-state index contributed by atoms with van der Waals surface area (Å²) in [5, 5.41) is 3.60. The van der Waals surface area contributed by atoms with Crippen LogP contribution in [0.4, 0.5) is 8.78 Å². The van der Waals surface area contributed by atoms with Crippen LogP contribution in [0.5, 0.6) is 0 Å². The fraction of sp³-hybridized carbons (Fsp3) is 0.600. The van der Waals surface area contributed by atoms with E-state index in [9.17, 15) is 8.78 Å². The summed E-state index contributed by atoms with van der Waals surface area (Å²) in [7, 11) is 0. The van der Waals surface area contributed by atoms with Crippen LogP contribution in [0.1, 0.15) is 24.8 Å². The molecule has 1 saturated carbocycles. The molecule has 2 nitrogen and oxygen atoms in total. The van der Waals surface area contributed by atoms with E-state index >= 15 is 0 Å². The lowest BCUT2D eigenvalue weighted by Crippen LogP contribution is -2.38. The molecular weight excluding hydrogens is 246 g/mol. The van der Waals surface area contributed by atoms with Crippen molar-refractivity contribution >= 4 is 0 Å². The first-order valence-corrected chi connectivity index (χ1v) is 7.12. The van der Waals surface area contributed by atoms with E-state index in [-0.39, 0.29) is 0 Å². The Labute approximate surface area is 112 Å². The van der Waals surface area contributed by atoms with Crippen molar-refractivity contribution in [1.82, 2.24) is 10.2 Å². The molecule has 1 aliphatic carbocycles. The highest BCUT2D eigenvalue weighted by Gasteiger charge is 2.32. The minimum atomic E-state index is -0.767. The lowest BCUT2D eigenvalue weighted by Gasteiger charge is -2.24. The molecular formula is C15H20F2N2. The van der Waals surface area contributed by atoms with Crippen molar-refractivity contribution < 1.29 is 8.78 Å². The van der Waals surface area contributed by atoms with E-state index in [0.717, 1.165) is 37.5 Å². The van der Waals surface area contributed by atoms with Gasteiger partial charge in [0.2, 0.25) is 0 Å². The predicted molar refractivity (Wildman–Crippen MR) is 70.8 cm³/mol. The van der Waals surface area contributed by atoms with E-state index in [4.69, 9.17) is 0 Å². The van der Waals surface area contributed by atoms with Gasteiger partial charge in [0.1, 0.15) is 0 Å². The molecule has 0 radical (unpaired) electrons. The van der Waals surface area contributed by atoms with Crippen LogP contribution in [0, 0.1) is 17.6 Å². The zero-order valence-corrected chi connectivity index (χ0v) is 11.0. The highest BCUT2D eigenvalue weighted by Crippen LogP contribution is 2.33. The van der Waals surface area contributed by atoms with Crippen LogP contribution in [-0.2, 0) is 6.54 Å². The van der Waals surface area contributed by atoms with Gasteiger partial charge in [0.15, 0.2) is 11.6 Å². The van der Waals surface area contributed by atoms with Crippen LogP contribution in [0.2, 0.25) is 0 Å². The second kappa shape index (κ2) is 5.55. The largest absolute Gasteiger partial charge is 0.312 e. The minimum absolute atomic E-state index is 0.577. The SMILES string of the molecule is Fc1ccc(CN2CCCNC(C3CC3)C2)cc1F. The fourth-order valence-corrected chi connectivity index (χ4v) is 2.88. The van der Waals surface area contributed by atoms with E-state index in [1.54, 1.807) is 6.07 Å². The second-order valence-electron chi connectivity index (χ2n) is 5.74. The Bertz CT molecular complexity index is 446. The molecule has 0 spiro atoms. The fourth-order valence-electron chi connectivity index (χ4n) is 2.88. The van der Waals surface area contributed by atoms with Crippen molar-refractivity contribution in [3.63, 3.8) is 0 Å². The van der Waals surface area contributed by atoms with Gasteiger partial charge in [-0.2, -0.15) is 0 Å². The molecule has 1 saturated heterocycles. The smallest absolute Gasteiger partial charge is 0.159 e. The Balaban J connectivity index is 1.65. The zero-order valence-electron chi connectivity index (χ0n) is 11.0. The Hall–Kier alpha value is -1.00. The maximum absolute atomic E-state index is 13.2. The van der Waals surface area contributed by atoms with Gasteiger partial charge in [0, 0.05) is 19.1 Å². The summed E-state index contributed by atoms with van der Waals surface area (Å²) < 4.78 is 26.1. The topological polar surface area (TPSA) is 15.3 Å². The minimum Gasteiger partial charge on any atom is -0.312 e. The Morgan fingerprint density at radius 1 is 1.21 bits per heavy atom. The van der Waals surface area contributed by atoms with Crippen molar-refractivity contribution in [2.75, 3.05) is 19.6 Å². The molecule has 104 valence electrons. The monoisotopic (exact) mass is 266 g/mol. The molecule has 1 atom stereocenters. The third kappa shape index (κ3) is 3.31. The Morgan fingerprint density at radius 2 is 2.05 bits per heavy atom. The van der Waals surface area contributed by atoms with Crippen molar-refractivity contribution in [3.05, 3.63) is 35.4 Å². The third-order valence-corrected chi connectivity index (χ3v) is 4.09. The Morgan fingerprint density at radius 3 is 2.79 bits per heavy atom. The molecule has 2 aliphatic rings. The van der Waals surface area contributed by atoms with Crippen LogP contribution < -0.4 is 5.32 Å². The summed E-state index contributed by atoms with van der Waals surface area (Å²) in [5.74, 6) is -0.688. The van der Waals surface area contributed by atoms with Crippen LogP contribution in [0.15, 0.2) is 18.2 Å². The van der Waals surface area contributed by atoms with E-state index in [0.29, 0.717) is 12.6 Å². The quantitative estimate of drug-likeness (QED) is 0.904. The number of hydrogen-bond acceptors (Lipinski definition) is 2. The van der Waals surface area contributed by atoms with Gasteiger partial charge in [0.25, 0.3) is 0 Å². The molecule has 1 aromatic rings. The summed E-state index contributed by atoms with van der Waals surface area (Å²) in [5.41, 5.74) is 0.857. The molecule has 1 aromatic carbocycles. The lowest BCUT2D eigenvalue weighted by atomic mass is 10.1. The summed E-state index contributed by atoms with van der Waals surface area (Å²) in [4.78, 5) is 2.36. The summed E-state index contributed by atoms with van der Waals surface area (Å²) in [6.07, 6.45) is 3.78. The Kier molecular flexibility index (Phi) is 3.80. The molecule has 1 aliphatic heterocycles. The van der Waals surface area contributed by atoms with Crippen LogP contribution in [-0.4, -0.2) is 30.6 Å². The van der Waals surface area contributed by atoms with E-state index in [2.05, 4.69) is 10.2 Å². The maximum Gasteiger partial charge on any atom is 0.159 e. The molecule has 3 rings (SSSR count). The van der Waals surface area contributed by atoms with Gasteiger partial charge < -0.3 is 5.32 Å². The van der Waals surface area contributed by atoms with Gasteiger partial charge in [-0.3, -0.25) is 4.90 Å². The highest BCUT2D eigenvalue weighted by atomic mass is 19.2. The van der Waals surface area contributed by atoms with Crippen LogP contribution in [0.25, 0.3) is 0 Å². The average molecular weight is 266 g/mol. The molecule has 19 heavy (non-hydrogen) atoms. The normalized spacial score (nSPS) is 25.3. The van der Waals surface area contributed by atoms with Gasteiger partial charge in [-0.15, -0.1) is 0 Å². The number of halogens is 2. The standard InChI is InChI=1S/C15H20F2N2/c16-13-5-2-11(8-14(13)17)9-19-7-1-6-18-15(10-19)12-3-4-12/h2,5,8,12,15,18H,1,3-4,6-7,9-10H2. The van der Waals surface area contributed by atoms with Crippen LogP contribution in [0.3, 0.4) is 0 Å². The first-order chi connectivity index (χ1) is 9.22. The molecule has 0 amide bonds. The molecule has 1 heterocycles. The van der Waals surface area contributed by atoms with Gasteiger partial charge in [-0.25, -0.2) is 8.78 Å². The van der Waals surface area contributed by atoms with E-state index in [1.165, 1.54) is 25.0 Å². The number of hydrogen-bond donors (Lipinski definition) is 1. The molecule has 0 aromatic heterocycles. The highest BCUT2D eigenvalue weighted by molar-refractivity contribution is 5.17. The number of rotatable bonds is 3. The summed E-state index contributed by atoms with van der Waals surface area (Å²) in [6, 6.07) is 4.80. The van der Waals surface area contributed by atoms with E-state index in [1.807, 2.05) is 0 Å². The number of benzene rings is 1. The van der Waals surface area contributed by atoms with Crippen LogP contribution >= 0.6 is 0 Å². The summed E-state index contributed by atoms with van der Waals surface area (Å²) in [6.45, 7) is 3.82. The van der Waals surface area contributed by atoms with Gasteiger partial charge in [-0.1, -0.05) is 6.07 Å². The molecule has 1 unspecified atom stereocenters. The van der Waals surface area contributed by atoms with Crippen molar-refractivity contribution in [2.24, 2.45) is 5.92 Å².